The molecule has 1 aliphatic carbocycles. The van der Waals surface area contributed by atoms with Gasteiger partial charge in [-0.25, -0.2) is 19.3 Å². The zero-order chi connectivity index (χ0) is 24.9. The van der Waals surface area contributed by atoms with E-state index in [1.165, 1.54) is 17.4 Å². The number of amides is 1. The Bertz CT molecular complexity index is 1280. The number of nitrogens with one attached hydrogen (secondary N) is 1. The second-order valence-corrected chi connectivity index (χ2v) is 10.6. The van der Waals surface area contributed by atoms with Crippen molar-refractivity contribution in [2.45, 2.75) is 64.3 Å². The topological polar surface area (TPSA) is 132 Å². The Kier molecular flexibility index (Phi) is 6.32. The molecule has 5 N–H and O–H groups in total. The Morgan fingerprint density at radius 3 is 2.91 bits per heavy atom. The van der Waals surface area contributed by atoms with Crippen LogP contribution in [0.4, 0.5) is 15.9 Å². The first-order chi connectivity index (χ1) is 16.7. The number of aromatic nitrogens is 3. The fourth-order valence-electron chi connectivity index (χ4n) is 4.81. The van der Waals surface area contributed by atoms with Crippen LogP contribution in [0.25, 0.3) is 10.3 Å². The number of pyridine rings is 1. The molecule has 35 heavy (non-hydrogen) atoms. The van der Waals surface area contributed by atoms with Crippen LogP contribution in [0.1, 0.15) is 46.9 Å². The zero-order valence-electron chi connectivity index (χ0n) is 20.0. The number of anilines is 2. The number of thiophene rings is 1. The van der Waals surface area contributed by atoms with Crippen molar-refractivity contribution in [1.29, 1.82) is 0 Å². The molecule has 4 heterocycles. The van der Waals surface area contributed by atoms with Gasteiger partial charge in [0, 0.05) is 42.7 Å². The molecule has 1 amide bonds. The number of hydrogen-bond donors (Lipinski definition) is 3. The van der Waals surface area contributed by atoms with E-state index >= 15 is 4.39 Å². The Morgan fingerprint density at radius 1 is 1.34 bits per heavy atom. The molecule has 3 aromatic heterocycles. The van der Waals surface area contributed by atoms with E-state index in [-0.39, 0.29) is 36.0 Å². The average Bonchev–Trinajstić information content (AvgIpc) is 3.33. The highest BCUT2D eigenvalue weighted by Crippen LogP contribution is 2.32. The molecule has 0 bridgehead atoms. The van der Waals surface area contributed by atoms with Crippen molar-refractivity contribution >= 4 is 39.1 Å². The first-order valence-corrected chi connectivity index (χ1v) is 12.7. The number of aryl methyl sites for hydroxylation is 2. The number of ether oxygens (including phenoxy) is 1. The molecule has 5 rings (SSSR count). The summed E-state index contributed by atoms with van der Waals surface area (Å²) in [4.78, 5) is 29.4. The van der Waals surface area contributed by atoms with Gasteiger partial charge >= 0.3 is 0 Å². The fourth-order valence-corrected chi connectivity index (χ4v) is 5.81. The van der Waals surface area contributed by atoms with Crippen molar-refractivity contribution in [1.82, 2.24) is 20.3 Å². The minimum absolute atomic E-state index is 0.0749. The van der Waals surface area contributed by atoms with Gasteiger partial charge in [-0.3, -0.25) is 4.79 Å². The molecule has 186 valence electrons. The highest BCUT2D eigenvalue weighted by atomic mass is 32.1. The normalized spacial score (nSPS) is 22.1. The molecule has 1 aliphatic heterocycles. The molecule has 3 atom stereocenters. The summed E-state index contributed by atoms with van der Waals surface area (Å²) in [5, 5.41) is 3.02. The van der Waals surface area contributed by atoms with E-state index in [1.54, 1.807) is 6.20 Å². The van der Waals surface area contributed by atoms with Crippen LogP contribution in [0.3, 0.4) is 0 Å². The standard InChI is InChI=1S/C24H30FN7O2S/c1-11(2)34-18-10-32(9-16(18)26)19-7-15(25)14-6-13(4-5-17(14)31-19)30-23(33)22-20(27)21-24(35-22)29-12(3)8-28-21/h7-8,11,13,16,18H,4-6,9-10,26-27H2,1-3H3,(H,30,33). The second kappa shape index (κ2) is 9.29. The van der Waals surface area contributed by atoms with Gasteiger partial charge in [0.2, 0.25) is 0 Å². The lowest BCUT2D eigenvalue weighted by atomic mass is 9.91. The van der Waals surface area contributed by atoms with Gasteiger partial charge in [-0.05, 0) is 40.0 Å². The summed E-state index contributed by atoms with van der Waals surface area (Å²) in [6.45, 7) is 6.95. The molecule has 1 fully saturated rings. The van der Waals surface area contributed by atoms with E-state index in [0.717, 1.165) is 11.4 Å². The van der Waals surface area contributed by atoms with Gasteiger partial charge in [0.1, 0.15) is 26.9 Å². The molecule has 3 unspecified atom stereocenters. The van der Waals surface area contributed by atoms with Crippen LogP contribution in [-0.2, 0) is 17.6 Å². The lowest BCUT2D eigenvalue weighted by molar-refractivity contribution is 0.0127. The van der Waals surface area contributed by atoms with Gasteiger partial charge < -0.3 is 26.4 Å². The van der Waals surface area contributed by atoms with Crippen molar-refractivity contribution in [3.05, 3.63) is 39.9 Å². The number of nitrogen functional groups attached to an aromatic ring is 1. The van der Waals surface area contributed by atoms with E-state index in [1.807, 2.05) is 25.7 Å². The third kappa shape index (κ3) is 4.67. The van der Waals surface area contributed by atoms with Gasteiger partial charge in [0.05, 0.1) is 29.6 Å². The highest BCUT2D eigenvalue weighted by molar-refractivity contribution is 7.21. The quantitative estimate of drug-likeness (QED) is 0.487. The lowest BCUT2D eigenvalue weighted by Gasteiger charge is -2.27. The molecule has 0 radical (unpaired) electrons. The highest BCUT2D eigenvalue weighted by Gasteiger charge is 2.34. The fraction of sp³-hybridized carbons (Fsp3) is 0.500. The summed E-state index contributed by atoms with van der Waals surface area (Å²) in [6, 6.07) is 1.11. The number of nitrogens with two attached hydrogens (primary N) is 2. The Balaban J connectivity index is 1.29. The molecule has 2 aliphatic rings. The third-order valence-electron chi connectivity index (χ3n) is 6.50. The number of hydrogen-bond acceptors (Lipinski definition) is 9. The molecule has 11 heteroatoms. The van der Waals surface area contributed by atoms with Crippen LogP contribution in [0, 0.1) is 12.7 Å². The molecule has 0 aromatic carbocycles. The second-order valence-electron chi connectivity index (χ2n) is 9.60. The van der Waals surface area contributed by atoms with Crippen molar-refractivity contribution < 1.29 is 13.9 Å². The van der Waals surface area contributed by atoms with Crippen LogP contribution in [0.15, 0.2) is 12.3 Å². The monoisotopic (exact) mass is 499 g/mol. The first kappa shape index (κ1) is 23.8. The molecular weight excluding hydrogens is 469 g/mol. The van der Waals surface area contributed by atoms with Crippen molar-refractivity contribution in [2.75, 3.05) is 23.7 Å². The number of halogens is 1. The molecule has 1 saturated heterocycles. The summed E-state index contributed by atoms with van der Waals surface area (Å²) in [6.07, 6.45) is 3.20. The SMILES string of the molecule is Cc1cnc2c(N)c(C(=O)NC3CCc4nc(N5CC(N)C(OC(C)C)C5)cc(F)c4C3)sc2n1. The Morgan fingerprint density at radius 2 is 2.14 bits per heavy atom. The molecular formula is C24H30FN7O2S. The van der Waals surface area contributed by atoms with Gasteiger partial charge in [-0.2, -0.15) is 0 Å². The number of nitrogens with zero attached hydrogens (tertiary/aromatic N) is 4. The maximum absolute atomic E-state index is 15.2. The van der Waals surface area contributed by atoms with Crippen LogP contribution in [-0.4, -0.2) is 58.2 Å². The average molecular weight is 500 g/mol. The van der Waals surface area contributed by atoms with Crippen LogP contribution < -0.4 is 21.7 Å². The van der Waals surface area contributed by atoms with Crippen LogP contribution in [0.5, 0.6) is 0 Å². The minimum atomic E-state index is -0.309. The molecule has 9 nitrogen and oxygen atoms in total. The summed E-state index contributed by atoms with van der Waals surface area (Å²) in [5.41, 5.74) is 15.3. The van der Waals surface area contributed by atoms with Crippen molar-refractivity contribution in [3.8, 4) is 0 Å². The van der Waals surface area contributed by atoms with Crippen LogP contribution >= 0.6 is 11.3 Å². The summed E-state index contributed by atoms with van der Waals surface area (Å²) in [7, 11) is 0. The van der Waals surface area contributed by atoms with E-state index in [0.29, 0.717) is 64.6 Å². The van der Waals surface area contributed by atoms with Crippen molar-refractivity contribution in [3.63, 3.8) is 0 Å². The van der Waals surface area contributed by atoms with Crippen LogP contribution in [0.2, 0.25) is 0 Å². The first-order valence-electron chi connectivity index (χ1n) is 11.9. The summed E-state index contributed by atoms with van der Waals surface area (Å²) in [5.74, 6) is -0.0102. The third-order valence-corrected chi connectivity index (χ3v) is 7.59. The van der Waals surface area contributed by atoms with Gasteiger partial charge in [-0.1, -0.05) is 0 Å². The van der Waals surface area contributed by atoms with Gasteiger partial charge in [0.25, 0.3) is 5.91 Å². The Hall–Kier alpha value is -2.89. The van der Waals surface area contributed by atoms with E-state index in [4.69, 9.17) is 21.2 Å². The molecule has 3 aromatic rings. The van der Waals surface area contributed by atoms with E-state index in [9.17, 15) is 4.79 Å². The number of carbonyl (C=O) groups is 1. The number of carbonyl (C=O) groups excluding carboxylic acids is 1. The van der Waals surface area contributed by atoms with Crippen molar-refractivity contribution in [2.24, 2.45) is 5.73 Å². The smallest absolute Gasteiger partial charge is 0.263 e. The maximum Gasteiger partial charge on any atom is 0.263 e. The van der Waals surface area contributed by atoms with E-state index in [2.05, 4.69) is 15.3 Å². The van der Waals surface area contributed by atoms with Gasteiger partial charge in [0.15, 0.2) is 0 Å². The lowest BCUT2D eigenvalue weighted by Crippen LogP contribution is -2.39. The zero-order valence-corrected chi connectivity index (χ0v) is 20.9. The predicted octanol–water partition coefficient (Wildman–Crippen LogP) is 2.34. The summed E-state index contributed by atoms with van der Waals surface area (Å²) < 4.78 is 21.1. The molecule has 0 saturated carbocycles. The molecule has 0 spiro atoms. The number of fused-ring (bicyclic) bond motifs is 2. The Labute approximate surface area is 207 Å². The van der Waals surface area contributed by atoms with Gasteiger partial charge in [-0.15, -0.1) is 11.3 Å². The minimum Gasteiger partial charge on any atom is -0.396 e. The predicted molar refractivity (Wildman–Crippen MR) is 134 cm³/mol. The largest absolute Gasteiger partial charge is 0.396 e. The number of rotatable bonds is 5. The maximum atomic E-state index is 15.2. The van der Waals surface area contributed by atoms with E-state index < -0.39 is 0 Å². The summed E-state index contributed by atoms with van der Waals surface area (Å²) >= 11 is 1.22.